The molecule has 4 heteroatoms. The average molecular weight is 291 g/mol. The van der Waals surface area contributed by atoms with Gasteiger partial charge in [-0.1, -0.05) is 25.1 Å². The molecule has 1 heterocycles. The molecule has 0 spiro atoms. The summed E-state index contributed by atoms with van der Waals surface area (Å²) in [5.41, 5.74) is 1.71. The maximum Gasteiger partial charge on any atom is 0.130 e. The fourth-order valence-electron chi connectivity index (χ4n) is 2.11. The molecule has 114 valence electrons. The Labute approximate surface area is 125 Å². The first-order valence-corrected chi connectivity index (χ1v) is 7.30. The zero-order valence-corrected chi connectivity index (χ0v) is 12.6. The first-order chi connectivity index (χ1) is 10.2. The molecule has 2 aromatic rings. The van der Waals surface area contributed by atoms with Crippen LogP contribution in [0.5, 0.6) is 0 Å². The molecule has 0 bridgehead atoms. The van der Waals surface area contributed by atoms with Crippen molar-refractivity contribution in [3.05, 3.63) is 58.8 Å². The van der Waals surface area contributed by atoms with Crippen LogP contribution in [0.4, 0.5) is 4.39 Å². The van der Waals surface area contributed by atoms with E-state index in [2.05, 4.69) is 12.2 Å². The fourth-order valence-corrected chi connectivity index (χ4v) is 2.11. The lowest BCUT2D eigenvalue weighted by Gasteiger charge is -2.03. The van der Waals surface area contributed by atoms with Gasteiger partial charge in [0.15, 0.2) is 0 Å². The van der Waals surface area contributed by atoms with Gasteiger partial charge in [-0.25, -0.2) is 4.39 Å². The number of benzene rings is 1. The molecule has 0 radical (unpaired) electrons. The van der Waals surface area contributed by atoms with Gasteiger partial charge in [-0.3, -0.25) is 0 Å². The average Bonchev–Trinajstić information content (AvgIpc) is 2.82. The van der Waals surface area contributed by atoms with Crippen molar-refractivity contribution in [3.63, 3.8) is 0 Å². The van der Waals surface area contributed by atoms with Gasteiger partial charge in [-0.2, -0.15) is 0 Å². The number of ether oxygens (including phenoxy) is 1. The van der Waals surface area contributed by atoms with E-state index in [4.69, 9.17) is 9.15 Å². The van der Waals surface area contributed by atoms with Crippen LogP contribution in [0.15, 0.2) is 34.7 Å². The highest BCUT2D eigenvalue weighted by atomic mass is 19.1. The third-order valence-corrected chi connectivity index (χ3v) is 3.27. The van der Waals surface area contributed by atoms with Crippen molar-refractivity contribution in [3.8, 4) is 0 Å². The zero-order chi connectivity index (χ0) is 15.1. The minimum absolute atomic E-state index is 0.238. The van der Waals surface area contributed by atoms with Crippen molar-refractivity contribution < 1.29 is 13.5 Å². The first kappa shape index (κ1) is 15.7. The maximum atomic E-state index is 13.4. The van der Waals surface area contributed by atoms with Crippen LogP contribution in [0.25, 0.3) is 0 Å². The number of hydrogen-bond acceptors (Lipinski definition) is 3. The molecule has 0 atom stereocenters. The predicted octanol–water partition coefficient (Wildman–Crippen LogP) is 3.94. The summed E-state index contributed by atoms with van der Waals surface area (Å²) in [6.07, 6.45) is 1.11. The van der Waals surface area contributed by atoms with E-state index in [1.54, 1.807) is 18.2 Å². The van der Waals surface area contributed by atoms with Crippen LogP contribution >= 0.6 is 0 Å². The monoisotopic (exact) mass is 291 g/mol. The summed E-state index contributed by atoms with van der Waals surface area (Å²) in [7, 11) is 0. The number of aryl methyl sites for hydroxylation is 1. The van der Waals surface area contributed by atoms with Gasteiger partial charge in [-0.15, -0.1) is 0 Å². The molecule has 1 N–H and O–H groups in total. The van der Waals surface area contributed by atoms with Crippen LogP contribution in [-0.4, -0.2) is 6.54 Å². The highest BCUT2D eigenvalue weighted by molar-refractivity contribution is 5.20. The van der Waals surface area contributed by atoms with Crippen molar-refractivity contribution in [2.45, 2.75) is 40.0 Å². The number of furan rings is 1. The van der Waals surface area contributed by atoms with Crippen LogP contribution in [-0.2, 0) is 24.5 Å². The summed E-state index contributed by atoms with van der Waals surface area (Å²) >= 11 is 0. The van der Waals surface area contributed by atoms with E-state index in [1.807, 2.05) is 13.0 Å². The van der Waals surface area contributed by atoms with Crippen LogP contribution in [0.3, 0.4) is 0 Å². The van der Waals surface area contributed by atoms with Crippen molar-refractivity contribution in [1.82, 2.24) is 5.32 Å². The topological polar surface area (TPSA) is 34.4 Å². The molecule has 0 amide bonds. The highest BCUT2D eigenvalue weighted by Crippen LogP contribution is 2.16. The predicted molar refractivity (Wildman–Crippen MR) is 80.3 cm³/mol. The fraction of sp³-hybridized carbons (Fsp3) is 0.412. The van der Waals surface area contributed by atoms with Crippen molar-refractivity contribution in [2.75, 3.05) is 6.54 Å². The third-order valence-electron chi connectivity index (χ3n) is 3.27. The lowest BCUT2D eigenvalue weighted by molar-refractivity contribution is 0.0903. The van der Waals surface area contributed by atoms with Crippen molar-refractivity contribution in [2.24, 2.45) is 0 Å². The molecule has 0 aliphatic carbocycles. The summed E-state index contributed by atoms with van der Waals surface area (Å²) in [5.74, 6) is 1.44. The number of rotatable bonds is 8. The Bertz CT molecular complexity index is 566. The molecule has 0 saturated heterocycles. The minimum Gasteiger partial charge on any atom is -0.464 e. The smallest absolute Gasteiger partial charge is 0.130 e. The summed E-state index contributed by atoms with van der Waals surface area (Å²) < 4.78 is 24.6. The Balaban J connectivity index is 1.83. The standard InChI is InChI=1S/C17H22FNO2/c1-3-8-19-10-15-9-16(21-13(15)2)12-20-11-14-6-4-5-7-17(14)18/h4-7,9,19H,3,8,10-12H2,1-2H3. The van der Waals surface area contributed by atoms with Crippen LogP contribution in [0, 0.1) is 12.7 Å². The largest absolute Gasteiger partial charge is 0.464 e. The quantitative estimate of drug-likeness (QED) is 0.748. The van der Waals surface area contributed by atoms with E-state index in [0.717, 1.165) is 36.6 Å². The van der Waals surface area contributed by atoms with Gasteiger partial charge in [0.2, 0.25) is 0 Å². The highest BCUT2D eigenvalue weighted by Gasteiger charge is 2.08. The molecule has 0 fully saturated rings. The van der Waals surface area contributed by atoms with Gasteiger partial charge in [0.25, 0.3) is 0 Å². The molecule has 0 unspecified atom stereocenters. The van der Waals surface area contributed by atoms with Gasteiger partial charge >= 0.3 is 0 Å². The number of nitrogens with one attached hydrogen (secondary N) is 1. The van der Waals surface area contributed by atoms with Crippen LogP contribution in [0.1, 0.15) is 36.0 Å². The maximum absolute atomic E-state index is 13.4. The molecule has 0 aliphatic heterocycles. The van der Waals surface area contributed by atoms with Crippen LogP contribution in [0.2, 0.25) is 0 Å². The lowest BCUT2D eigenvalue weighted by Crippen LogP contribution is -2.13. The Hall–Kier alpha value is -1.65. The Kier molecular flexibility index (Phi) is 5.96. The first-order valence-electron chi connectivity index (χ1n) is 7.30. The van der Waals surface area contributed by atoms with Crippen LogP contribution < -0.4 is 5.32 Å². The molecule has 2 rings (SSSR count). The molecule has 3 nitrogen and oxygen atoms in total. The molecule has 0 aliphatic rings. The van der Waals surface area contributed by atoms with Crippen molar-refractivity contribution in [1.29, 1.82) is 0 Å². The van der Waals surface area contributed by atoms with E-state index < -0.39 is 0 Å². The SMILES string of the molecule is CCCNCc1cc(COCc2ccccc2F)oc1C. The zero-order valence-electron chi connectivity index (χ0n) is 12.6. The van der Waals surface area contributed by atoms with E-state index >= 15 is 0 Å². The minimum atomic E-state index is -0.238. The van der Waals surface area contributed by atoms with Gasteiger partial charge in [0.05, 0.1) is 6.61 Å². The van der Waals surface area contributed by atoms with Crippen molar-refractivity contribution >= 4 is 0 Å². The Morgan fingerprint density at radius 1 is 1.19 bits per heavy atom. The van der Waals surface area contributed by atoms with Gasteiger partial charge in [-0.05, 0) is 32.0 Å². The summed E-state index contributed by atoms with van der Waals surface area (Å²) in [6.45, 7) is 6.47. The van der Waals surface area contributed by atoms with Gasteiger partial charge < -0.3 is 14.5 Å². The molecule has 21 heavy (non-hydrogen) atoms. The second kappa shape index (κ2) is 7.96. The second-order valence-electron chi connectivity index (χ2n) is 5.06. The molecular formula is C17H22FNO2. The summed E-state index contributed by atoms with van der Waals surface area (Å²) in [6, 6.07) is 8.63. The Morgan fingerprint density at radius 3 is 2.76 bits per heavy atom. The van der Waals surface area contributed by atoms with E-state index in [9.17, 15) is 4.39 Å². The van der Waals surface area contributed by atoms with Gasteiger partial charge in [0, 0.05) is 17.7 Å². The van der Waals surface area contributed by atoms with E-state index in [1.165, 1.54) is 6.07 Å². The number of halogens is 1. The lowest BCUT2D eigenvalue weighted by atomic mass is 10.2. The number of hydrogen-bond donors (Lipinski definition) is 1. The summed E-state index contributed by atoms with van der Waals surface area (Å²) in [5, 5.41) is 3.34. The van der Waals surface area contributed by atoms with E-state index in [0.29, 0.717) is 12.2 Å². The molecule has 1 aromatic heterocycles. The Morgan fingerprint density at radius 2 is 2.00 bits per heavy atom. The molecule has 1 aromatic carbocycles. The molecule has 0 saturated carbocycles. The molecular weight excluding hydrogens is 269 g/mol. The van der Waals surface area contributed by atoms with E-state index in [-0.39, 0.29) is 12.4 Å². The summed E-state index contributed by atoms with van der Waals surface area (Å²) in [4.78, 5) is 0. The second-order valence-corrected chi connectivity index (χ2v) is 5.06. The third kappa shape index (κ3) is 4.69. The van der Waals surface area contributed by atoms with Gasteiger partial charge in [0.1, 0.15) is 23.9 Å². The normalized spacial score (nSPS) is 11.0.